The third kappa shape index (κ3) is 1.73. The summed E-state index contributed by atoms with van der Waals surface area (Å²) in [6.07, 6.45) is 0. The molecule has 2 N–H and O–H groups in total. The van der Waals surface area contributed by atoms with Crippen LogP contribution in [-0.2, 0) is 0 Å². The van der Waals surface area contributed by atoms with Crippen molar-refractivity contribution < 1.29 is 0 Å². The lowest BCUT2D eigenvalue weighted by atomic mass is 10.0. The topological polar surface area (TPSA) is 24.1 Å². The maximum atomic E-state index is 3.41. The molecule has 2 rings (SSSR count). The highest BCUT2D eigenvalue weighted by Crippen LogP contribution is 2.15. The molecule has 0 saturated carbocycles. The second-order valence-corrected chi connectivity index (χ2v) is 3.83. The van der Waals surface area contributed by atoms with Gasteiger partial charge in [-0.1, -0.05) is 0 Å². The van der Waals surface area contributed by atoms with E-state index in [1.807, 2.05) is 0 Å². The van der Waals surface area contributed by atoms with E-state index in [1.54, 1.807) is 11.3 Å². The van der Waals surface area contributed by atoms with Crippen LogP contribution in [0.2, 0.25) is 0 Å². The molecule has 0 amide bonds. The zero-order valence-corrected chi connectivity index (χ0v) is 7.16. The number of anilines is 1. The van der Waals surface area contributed by atoms with Crippen molar-refractivity contribution >= 4 is 16.3 Å². The summed E-state index contributed by atoms with van der Waals surface area (Å²) >= 11 is 1.77. The minimum absolute atomic E-state index is 0.845. The molecule has 3 heteroatoms. The Kier molecular flexibility index (Phi) is 2.10. The fraction of sp³-hybridized carbons (Fsp3) is 0.500. The first-order chi connectivity index (χ1) is 5.45. The van der Waals surface area contributed by atoms with E-state index in [2.05, 4.69) is 28.1 Å². The Hall–Kier alpha value is -0.540. The van der Waals surface area contributed by atoms with Gasteiger partial charge in [0.2, 0.25) is 0 Å². The molecule has 0 aliphatic carbocycles. The summed E-state index contributed by atoms with van der Waals surface area (Å²) in [5, 5.41) is 10.0. The third-order valence-electron chi connectivity index (χ3n) is 1.95. The summed E-state index contributed by atoms with van der Waals surface area (Å²) in [5.41, 5.74) is 0. The highest BCUT2D eigenvalue weighted by atomic mass is 32.1. The van der Waals surface area contributed by atoms with E-state index in [0.29, 0.717) is 0 Å². The average Bonchev–Trinajstić information content (AvgIpc) is 2.36. The van der Waals surface area contributed by atoms with Crippen molar-refractivity contribution in [3.05, 3.63) is 17.5 Å². The van der Waals surface area contributed by atoms with E-state index in [-0.39, 0.29) is 0 Å². The normalized spacial score (nSPS) is 17.8. The Bertz CT molecular complexity index is 204. The van der Waals surface area contributed by atoms with Crippen molar-refractivity contribution in [1.29, 1.82) is 0 Å². The number of hydrogen-bond donors (Lipinski definition) is 2. The standard InChI is InChI=1S/C8H12N2S/c1-2-8(11-3-1)10-6-7-4-9-5-7/h1-3,7,9-10H,4-6H2. The maximum Gasteiger partial charge on any atom is 0.0882 e. The van der Waals surface area contributed by atoms with Gasteiger partial charge >= 0.3 is 0 Å². The zero-order valence-electron chi connectivity index (χ0n) is 6.34. The first-order valence-corrected chi connectivity index (χ1v) is 4.81. The molecule has 60 valence electrons. The van der Waals surface area contributed by atoms with E-state index < -0.39 is 0 Å². The van der Waals surface area contributed by atoms with Crippen molar-refractivity contribution in [3.8, 4) is 0 Å². The molecule has 0 radical (unpaired) electrons. The van der Waals surface area contributed by atoms with Crippen LogP contribution in [0.25, 0.3) is 0 Å². The molecular formula is C8H12N2S. The van der Waals surface area contributed by atoms with Crippen LogP contribution in [0.3, 0.4) is 0 Å². The molecule has 11 heavy (non-hydrogen) atoms. The van der Waals surface area contributed by atoms with E-state index in [0.717, 1.165) is 12.5 Å². The lowest BCUT2D eigenvalue weighted by Crippen LogP contribution is -2.45. The molecule has 1 aliphatic heterocycles. The molecule has 0 atom stereocenters. The van der Waals surface area contributed by atoms with Gasteiger partial charge in [-0.15, -0.1) is 11.3 Å². The summed E-state index contributed by atoms with van der Waals surface area (Å²) < 4.78 is 0. The van der Waals surface area contributed by atoms with Crippen LogP contribution in [0.5, 0.6) is 0 Å². The minimum Gasteiger partial charge on any atom is -0.377 e. The monoisotopic (exact) mass is 168 g/mol. The maximum absolute atomic E-state index is 3.41. The van der Waals surface area contributed by atoms with Crippen LogP contribution >= 0.6 is 11.3 Å². The van der Waals surface area contributed by atoms with Gasteiger partial charge in [-0.05, 0) is 17.5 Å². The quantitative estimate of drug-likeness (QED) is 0.712. The minimum atomic E-state index is 0.845. The van der Waals surface area contributed by atoms with Gasteiger partial charge in [0.05, 0.1) is 5.00 Å². The molecule has 2 heterocycles. The van der Waals surface area contributed by atoms with Gasteiger partial charge in [0, 0.05) is 25.6 Å². The van der Waals surface area contributed by atoms with Crippen LogP contribution in [-0.4, -0.2) is 19.6 Å². The molecule has 0 unspecified atom stereocenters. The number of thiophene rings is 1. The first-order valence-electron chi connectivity index (χ1n) is 3.93. The molecule has 0 bridgehead atoms. The highest BCUT2D eigenvalue weighted by molar-refractivity contribution is 7.14. The molecule has 0 aromatic carbocycles. The second kappa shape index (κ2) is 3.24. The Morgan fingerprint density at radius 2 is 2.55 bits per heavy atom. The van der Waals surface area contributed by atoms with Crippen molar-refractivity contribution in [1.82, 2.24) is 5.32 Å². The smallest absolute Gasteiger partial charge is 0.0882 e. The Morgan fingerprint density at radius 1 is 1.64 bits per heavy atom. The highest BCUT2D eigenvalue weighted by Gasteiger charge is 2.15. The van der Waals surface area contributed by atoms with Gasteiger partial charge in [-0.3, -0.25) is 0 Å². The number of hydrogen-bond acceptors (Lipinski definition) is 3. The molecular weight excluding hydrogens is 156 g/mol. The van der Waals surface area contributed by atoms with Crippen molar-refractivity contribution in [2.75, 3.05) is 25.0 Å². The van der Waals surface area contributed by atoms with Crippen molar-refractivity contribution in [2.45, 2.75) is 0 Å². The molecule has 1 fully saturated rings. The van der Waals surface area contributed by atoms with E-state index in [4.69, 9.17) is 0 Å². The Morgan fingerprint density at radius 3 is 3.09 bits per heavy atom. The van der Waals surface area contributed by atoms with Crippen LogP contribution in [0, 0.1) is 5.92 Å². The van der Waals surface area contributed by atoms with Crippen LogP contribution in [0.15, 0.2) is 17.5 Å². The van der Waals surface area contributed by atoms with Gasteiger partial charge in [-0.2, -0.15) is 0 Å². The van der Waals surface area contributed by atoms with Crippen molar-refractivity contribution in [2.24, 2.45) is 5.92 Å². The predicted molar refractivity (Wildman–Crippen MR) is 49.2 cm³/mol. The zero-order chi connectivity index (χ0) is 7.52. The fourth-order valence-corrected chi connectivity index (χ4v) is 1.74. The van der Waals surface area contributed by atoms with Gasteiger partial charge < -0.3 is 10.6 Å². The largest absolute Gasteiger partial charge is 0.377 e. The van der Waals surface area contributed by atoms with Crippen molar-refractivity contribution in [3.63, 3.8) is 0 Å². The van der Waals surface area contributed by atoms with Gasteiger partial charge in [0.25, 0.3) is 0 Å². The van der Waals surface area contributed by atoms with Crippen LogP contribution in [0.4, 0.5) is 5.00 Å². The van der Waals surface area contributed by atoms with Crippen LogP contribution < -0.4 is 10.6 Å². The molecule has 1 aromatic heterocycles. The summed E-state index contributed by atoms with van der Waals surface area (Å²) in [6.45, 7) is 3.48. The number of rotatable bonds is 3. The predicted octanol–water partition coefficient (Wildman–Crippen LogP) is 1.38. The number of nitrogens with one attached hydrogen (secondary N) is 2. The van der Waals surface area contributed by atoms with Gasteiger partial charge in [0.15, 0.2) is 0 Å². The second-order valence-electron chi connectivity index (χ2n) is 2.88. The first kappa shape index (κ1) is 7.13. The fourth-order valence-electron chi connectivity index (χ4n) is 1.12. The Labute approximate surface area is 70.6 Å². The van der Waals surface area contributed by atoms with E-state index in [1.165, 1.54) is 18.1 Å². The summed E-state index contributed by atoms with van der Waals surface area (Å²) in [7, 11) is 0. The van der Waals surface area contributed by atoms with Gasteiger partial charge in [-0.25, -0.2) is 0 Å². The lowest BCUT2D eigenvalue weighted by Gasteiger charge is -2.27. The lowest BCUT2D eigenvalue weighted by molar-refractivity contribution is 0.365. The molecule has 1 saturated heterocycles. The SMILES string of the molecule is c1csc(NCC2CNC2)c1. The molecule has 1 aromatic rings. The van der Waals surface area contributed by atoms with Gasteiger partial charge in [0.1, 0.15) is 0 Å². The van der Waals surface area contributed by atoms with E-state index >= 15 is 0 Å². The summed E-state index contributed by atoms with van der Waals surface area (Å²) in [6, 6.07) is 4.20. The average molecular weight is 168 g/mol. The molecule has 2 nitrogen and oxygen atoms in total. The summed E-state index contributed by atoms with van der Waals surface area (Å²) in [4.78, 5) is 0. The third-order valence-corrected chi connectivity index (χ3v) is 2.78. The Balaban J connectivity index is 1.74. The van der Waals surface area contributed by atoms with Crippen LogP contribution in [0.1, 0.15) is 0 Å². The summed E-state index contributed by atoms with van der Waals surface area (Å²) in [5.74, 6) is 0.845. The molecule has 0 spiro atoms. The van der Waals surface area contributed by atoms with E-state index in [9.17, 15) is 0 Å². The molecule has 1 aliphatic rings.